The summed E-state index contributed by atoms with van der Waals surface area (Å²) in [5.41, 5.74) is 0. The molecular weight excluding hydrogens is 188 g/mol. The summed E-state index contributed by atoms with van der Waals surface area (Å²) in [4.78, 5) is 11.3. The van der Waals surface area contributed by atoms with Gasteiger partial charge in [-0.2, -0.15) is 0 Å². The number of nitrogens with zero attached hydrogens (tertiary/aromatic N) is 1. The number of hydrogen-bond acceptors (Lipinski definition) is 5. The number of carbonyl (C=O) groups is 1. The highest BCUT2D eigenvalue weighted by Crippen LogP contribution is 1.96. The summed E-state index contributed by atoms with van der Waals surface area (Å²) in [6, 6.07) is 1.48. The number of hydrogen-bond donors (Lipinski definition) is 1. The van der Waals surface area contributed by atoms with Gasteiger partial charge in [-0.05, 0) is 0 Å². The van der Waals surface area contributed by atoms with Crippen molar-refractivity contribution in [3.05, 3.63) is 18.0 Å². The van der Waals surface area contributed by atoms with Crippen LogP contribution in [0, 0.1) is 0 Å². The lowest BCUT2D eigenvalue weighted by Crippen LogP contribution is -2.33. The molecule has 0 bridgehead atoms. The summed E-state index contributed by atoms with van der Waals surface area (Å²) in [7, 11) is 2.99. The maximum atomic E-state index is 11.3. The molecule has 1 heterocycles. The van der Waals surface area contributed by atoms with Crippen molar-refractivity contribution in [1.82, 2.24) is 10.5 Å². The molecule has 1 rings (SSSR count). The maximum Gasteiger partial charge on any atom is 0.290 e. The highest BCUT2D eigenvalue weighted by atomic mass is 16.7. The standard InChI is InChI=1S/C8H12N2O4/c1-12-7(13-2)5-9-8(11)6-3-4-10-14-6/h3-4,7H,5H2,1-2H3,(H,9,11). The van der Waals surface area contributed by atoms with Gasteiger partial charge in [0.05, 0.1) is 12.7 Å². The molecule has 0 atom stereocenters. The first-order chi connectivity index (χ1) is 6.77. The smallest absolute Gasteiger partial charge is 0.290 e. The van der Waals surface area contributed by atoms with E-state index in [1.807, 2.05) is 0 Å². The number of aromatic nitrogens is 1. The molecule has 0 saturated carbocycles. The van der Waals surface area contributed by atoms with Crippen molar-refractivity contribution in [2.45, 2.75) is 6.29 Å². The van der Waals surface area contributed by atoms with Crippen molar-refractivity contribution in [3.8, 4) is 0 Å². The number of rotatable bonds is 5. The molecule has 0 spiro atoms. The van der Waals surface area contributed by atoms with Crippen LogP contribution in [0.1, 0.15) is 10.6 Å². The third-order valence-electron chi connectivity index (χ3n) is 1.62. The predicted molar refractivity (Wildman–Crippen MR) is 46.6 cm³/mol. The first kappa shape index (κ1) is 10.7. The van der Waals surface area contributed by atoms with E-state index in [2.05, 4.69) is 15.0 Å². The van der Waals surface area contributed by atoms with Gasteiger partial charge in [-0.1, -0.05) is 5.16 Å². The molecule has 1 aromatic rings. The molecule has 78 valence electrons. The van der Waals surface area contributed by atoms with Crippen LogP contribution in [0.4, 0.5) is 0 Å². The fraction of sp³-hybridized carbons (Fsp3) is 0.500. The van der Waals surface area contributed by atoms with Gasteiger partial charge in [0.15, 0.2) is 6.29 Å². The SMILES string of the molecule is COC(CNC(=O)c1ccno1)OC. The van der Waals surface area contributed by atoms with Crippen molar-refractivity contribution < 1.29 is 18.8 Å². The Hall–Kier alpha value is -1.40. The minimum absolute atomic E-state index is 0.163. The van der Waals surface area contributed by atoms with E-state index < -0.39 is 6.29 Å². The average Bonchev–Trinajstić information content (AvgIpc) is 2.72. The van der Waals surface area contributed by atoms with Gasteiger partial charge in [0.2, 0.25) is 5.76 Å². The zero-order valence-electron chi connectivity index (χ0n) is 8.02. The number of amides is 1. The van der Waals surface area contributed by atoms with E-state index in [9.17, 15) is 4.79 Å². The number of ether oxygens (including phenoxy) is 2. The van der Waals surface area contributed by atoms with Gasteiger partial charge in [0, 0.05) is 20.3 Å². The van der Waals surface area contributed by atoms with Gasteiger partial charge in [-0.15, -0.1) is 0 Å². The van der Waals surface area contributed by atoms with E-state index in [1.165, 1.54) is 26.5 Å². The lowest BCUT2D eigenvalue weighted by atomic mass is 10.4. The lowest BCUT2D eigenvalue weighted by molar-refractivity contribution is -0.0975. The van der Waals surface area contributed by atoms with E-state index in [0.29, 0.717) is 0 Å². The van der Waals surface area contributed by atoms with E-state index in [0.717, 1.165) is 0 Å². The zero-order valence-corrected chi connectivity index (χ0v) is 8.02. The molecular formula is C8H12N2O4. The Morgan fingerprint density at radius 3 is 2.86 bits per heavy atom. The van der Waals surface area contributed by atoms with Gasteiger partial charge < -0.3 is 19.3 Å². The van der Waals surface area contributed by atoms with Crippen LogP contribution >= 0.6 is 0 Å². The molecule has 0 fully saturated rings. The summed E-state index contributed by atoms with van der Waals surface area (Å²) in [6.45, 7) is 0.256. The van der Waals surface area contributed by atoms with Crippen molar-refractivity contribution in [3.63, 3.8) is 0 Å². The Kier molecular flexibility index (Phi) is 4.09. The number of methoxy groups -OCH3 is 2. The molecule has 0 aromatic carbocycles. The van der Waals surface area contributed by atoms with E-state index >= 15 is 0 Å². The zero-order chi connectivity index (χ0) is 10.4. The van der Waals surface area contributed by atoms with Crippen LogP contribution in [0.2, 0.25) is 0 Å². The Bertz CT molecular complexity index is 269. The van der Waals surface area contributed by atoms with Crippen molar-refractivity contribution in [2.75, 3.05) is 20.8 Å². The largest absolute Gasteiger partial charge is 0.354 e. The summed E-state index contributed by atoms with van der Waals surface area (Å²) < 4.78 is 14.4. The Morgan fingerprint density at radius 2 is 2.36 bits per heavy atom. The second-order valence-corrected chi connectivity index (χ2v) is 2.49. The second kappa shape index (κ2) is 5.36. The summed E-state index contributed by atoms with van der Waals surface area (Å²) >= 11 is 0. The summed E-state index contributed by atoms with van der Waals surface area (Å²) in [5, 5.41) is 5.98. The first-order valence-corrected chi connectivity index (χ1v) is 4.02. The van der Waals surface area contributed by atoms with Crippen LogP contribution in [0.25, 0.3) is 0 Å². The van der Waals surface area contributed by atoms with E-state index in [4.69, 9.17) is 9.47 Å². The third kappa shape index (κ3) is 2.82. The van der Waals surface area contributed by atoms with Gasteiger partial charge in [-0.25, -0.2) is 0 Å². The normalized spacial score (nSPS) is 10.5. The molecule has 0 radical (unpaired) electrons. The van der Waals surface area contributed by atoms with Crippen molar-refractivity contribution in [2.24, 2.45) is 0 Å². The third-order valence-corrected chi connectivity index (χ3v) is 1.62. The molecule has 0 unspecified atom stereocenters. The monoisotopic (exact) mass is 200 g/mol. The molecule has 1 amide bonds. The molecule has 0 aliphatic heterocycles. The molecule has 1 N–H and O–H groups in total. The van der Waals surface area contributed by atoms with Crippen LogP contribution in [0.15, 0.2) is 16.8 Å². The minimum atomic E-state index is -0.457. The molecule has 14 heavy (non-hydrogen) atoms. The van der Waals surface area contributed by atoms with E-state index in [1.54, 1.807) is 0 Å². The number of nitrogens with one attached hydrogen (secondary N) is 1. The maximum absolute atomic E-state index is 11.3. The van der Waals surface area contributed by atoms with Crippen molar-refractivity contribution in [1.29, 1.82) is 0 Å². The quantitative estimate of drug-likeness (QED) is 0.678. The Morgan fingerprint density at radius 1 is 1.64 bits per heavy atom. The summed E-state index contributed by atoms with van der Waals surface area (Å²) in [5.74, 6) is -0.183. The topological polar surface area (TPSA) is 73.6 Å². The van der Waals surface area contributed by atoms with Crippen molar-refractivity contribution >= 4 is 5.91 Å². The molecule has 0 aliphatic carbocycles. The first-order valence-electron chi connectivity index (χ1n) is 4.02. The fourth-order valence-corrected chi connectivity index (χ4v) is 0.859. The van der Waals surface area contributed by atoms with Gasteiger partial charge in [-0.3, -0.25) is 4.79 Å². The Balaban J connectivity index is 2.35. The Labute approximate surface area is 81.2 Å². The van der Waals surface area contributed by atoms with Gasteiger partial charge in [0.1, 0.15) is 0 Å². The van der Waals surface area contributed by atoms with Crippen LogP contribution < -0.4 is 5.32 Å². The van der Waals surface area contributed by atoms with Crippen LogP contribution in [-0.4, -0.2) is 38.1 Å². The van der Waals surface area contributed by atoms with Gasteiger partial charge >= 0.3 is 0 Å². The van der Waals surface area contributed by atoms with Crippen LogP contribution in [-0.2, 0) is 9.47 Å². The summed E-state index contributed by atoms with van der Waals surface area (Å²) in [6.07, 6.45) is 0.945. The highest BCUT2D eigenvalue weighted by Gasteiger charge is 2.11. The highest BCUT2D eigenvalue weighted by molar-refractivity contribution is 5.91. The average molecular weight is 200 g/mol. The van der Waals surface area contributed by atoms with Gasteiger partial charge in [0.25, 0.3) is 5.91 Å². The van der Waals surface area contributed by atoms with E-state index in [-0.39, 0.29) is 18.2 Å². The lowest BCUT2D eigenvalue weighted by Gasteiger charge is -2.12. The number of carbonyl (C=O) groups excluding carboxylic acids is 1. The van der Waals surface area contributed by atoms with Crippen LogP contribution in [0.3, 0.4) is 0 Å². The molecule has 1 aromatic heterocycles. The minimum Gasteiger partial charge on any atom is -0.354 e. The molecule has 0 aliphatic rings. The molecule has 6 nitrogen and oxygen atoms in total. The molecule has 0 saturated heterocycles. The van der Waals surface area contributed by atoms with Crippen LogP contribution in [0.5, 0.6) is 0 Å². The molecule has 6 heteroatoms. The predicted octanol–water partition coefficient (Wildman–Crippen LogP) is 0.0233. The second-order valence-electron chi connectivity index (χ2n) is 2.49. The fourth-order valence-electron chi connectivity index (χ4n) is 0.859.